The van der Waals surface area contributed by atoms with Crippen LogP contribution < -0.4 is 5.73 Å². The molecule has 0 aliphatic rings. The van der Waals surface area contributed by atoms with Crippen molar-refractivity contribution in [3.8, 4) is 0 Å². The number of carbonyl (C=O) groups excluding carboxylic acids is 1. The molecule has 3 nitrogen and oxygen atoms in total. The van der Waals surface area contributed by atoms with E-state index in [9.17, 15) is 4.79 Å². The molecule has 4 heteroatoms. The van der Waals surface area contributed by atoms with E-state index in [0.717, 1.165) is 11.1 Å². The lowest BCUT2D eigenvalue weighted by atomic mass is 9.84. The Bertz CT molecular complexity index is 360. The van der Waals surface area contributed by atoms with E-state index in [4.69, 9.17) is 10.5 Å². The van der Waals surface area contributed by atoms with E-state index < -0.39 is 5.41 Å². The normalized spacial score (nSPS) is 10.6. The van der Waals surface area contributed by atoms with Gasteiger partial charge in [-0.05, 0) is 31.9 Å². The van der Waals surface area contributed by atoms with E-state index in [1.807, 2.05) is 45.0 Å². The summed E-state index contributed by atoms with van der Waals surface area (Å²) in [7, 11) is 0. The average molecular weight is 258 g/mol. The minimum absolute atomic E-state index is 0. The summed E-state index contributed by atoms with van der Waals surface area (Å²) in [4.78, 5) is 11.8. The first kappa shape index (κ1) is 15.9. The fourth-order valence-electron chi connectivity index (χ4n) is 1.49. The Hall–Kier alpha value is -1.06. The first-order valence-corrected chi connectivity index (χ1v) is 5.49. The molecule has 0 spiro atoms. The minimum atomic E-state index is -0.608. The molecule has 0 atom stereocenters. The van der Waals surface area contributed by atoms with Crippen molar-refractivity contribution in [2.24, 2.45) is 5.73 Å². The molecule has 0 bridgehead atoms. The molecule has 0 saturated heterocycles. The van der Waals surface area contributed by atoms with Gasteiger partial charge in [0.1, 0.15) is 0 Å². The molecule has 0 aliphatic carbocycles. The van der Waals surface area contributed by atoms with Crippen LogP contribution in [0.2, 0.25) is 0 Å². The van der Waals surface area contributed by atoms with Gasteiger partial charge in [-0.1, -0.05) is 24.3 Å². The quantitative estimate of drug-likeness (QED) is 0.843. The standard InChI is InChI=1S/C13H19NO2.ClH/c1-4-16-12(15)13(2,3)11-7-5-10(9-14)6-8-11;/h5-8H,4,9,14H2,1-3H3;1H. The molecular formula is C13H20ClNO2. The van der Waals surface area contributed by atoms with Gasteiger partial charge >= 0.3 is 5.97 Å². The fourth-order valence-corrected chi connectivity index (χ4v) is 1.49. The van der Waals surface area contributed by atoms with Gasteiger partial charge in [-0.25, -0.2) is 0 Å². The molecule has 0 saturated carbocycles. The second-order valence-electron chi connectivity index (χ2n) is 4.25. The van der Waals surface area contributed by atoms with Gasteiger partial charge in [0.15, 0.2) is 0 Å². The summed E-state index contributed by atoms with van der Waals surface area (Å²) < 4.78 is 5.05. The van der Waals surface area contributed by atoms with Crippen LogP contribution in [0.25, 0.3) is 0 Å². The first-order chi connectivity index (χ1) is 7.52. The van der Waals surface area contributed by atoms with Gasteiger partial charge in [0.25, 0.3) is 0 Å². The van der Waals surface area contributed by atoms with Crippen LogP contribution in [0, 0.1) is 0 Å². The Kier molecular flexibility index (Phi) is 6.21. The molecule has 0 aromatic heterocycles. The predicted molar refractivity (Wildman–Crippen MR) is 71.2 cm³/mol. The van der Waals surface area contributed by atoms with Crippen LogP contribution in [0.15, 0.2) is 24.3 Å². The van der Waals surface area contributed by atoms with Crippen molar-refractivity contribution in [2.45, 2.75) is 32.7 Å². The Balaban J connectivity index is 0.00000256. The number of ether oxygens (including phenoxy) is 1. The van der Waals surface area contributed by atoms with Crippen molar-refractivity contribution in [1.82, 2.24) is 0 Å². The lowest BCUT2D eigenvalue weighted by Crippen LogP contribution is -2.31. The summed E-state index contributed by atoms with van der Waals surface area (Å²) in [6, 6.07) is 7.74. The third-order valence-corrected chi connectivity index (χ3v) is 2.70. The van der Waals surface area contributed by atoms with Crippen LogP contribution in [0.5, 0.6) is 0 Å². The third kappa shape index (κ3) is 3.72. The number of hydrogen-bond donors (Lipinski definition) is 1. The summed E-state index contributed by atoms with van der Waals surface area (Å²) in [6.07, 6.45) is 0. The highest BCUT2D eigenvalue weighted by Gasteiger charge is 2.30. The number of carbonyl (C=O) groups is 1. The molecule has 1 aromatic rings. The maximum absolute atomic E-state index is 11.8. The molecule has 0 heterocycles. The fraction of sp³-hybridized carbons (Fsp3) is 0.462. The molecule has 0 unspecified atom stereocenters. The first-order valence-electron chi connectivity index (χ1n) is 5.49. The topological polar surface area (TPSA) is 52.3 Å². The molecule has 1 aromatic carbocycles. The highest BCUT2D eigenvalue weighted by atomic mass is 35.5. The molecule has 0 amide bonds. The SMILES string of the molecule is CCOC(=O)C(C)(C)c1ccc(CN)cc1.Cl. The molecule has 2 N–H and O–H groups in total. The zero-order valence-corrected chi connectivity index (χ0v) is 11.3. The van der Waals surface area contributed by atoms with Crippen LogP contribution in [0.1, 0.15) is 31.9 Å². The lowest BCUT2D eigenvalue weighted by molar-refractivity contribution is -0.148. The lowest BCUT2D eigenvalue weighted by Gasteiger charge is -2.22. The van der Waals surface area contributed by atoms with Crippen molar-refractivity contribution in [3.05, 3.63) is 35.4 Å². The molecule has 96 valence electrons. The van der Waals surface area contributed by atoms with E-state index in [1.54, 1.807) is 0 Å². The highest BCUT2D eigenvalue weighted by Crippen LogP contribution is 2.25. The zero-order chi connectivity index (χ0) is 12.2. The van der Waals surface area contributed by atoms with Crippen LogP contribution in [0.3, 0.4) is 0 Å². The number of rotatable bonds is 4. The number of halogens is 1. The van der Waals surface area contributed by atoms with Gasteiger partial charge in [-0.15, -0.1) is 12.4 Å². The third-order valence-electron chi connectivity index (χ3n) is 2.70. The summed E-state index contributed by atoms with van der Waals surface area (Å²) >= 11 is 0. The monoisotopic (exact) mass is 257 g/mol. The predicted octanol–water partition coefficient (Wildman–Crippen LogP) is 2.41. The Morgan fingerprint density at radius 1 is 1.29 bits per heavy atom. The molecule has 0 radical (unpaired) electrons. The molecule has 0 aliphatic heterocycles. The average Bonchev–Trinajstić information content (AvgIpc) is 2.29. The van der Waals surface area contributed by atoms with Crippen molar-refractivity contribution in [3.63, 3.8) is 0 Å². The van der Waals surface area contributed by atoms with Gasteiger partial charge in [0, 0.05) is 6.54 Å². The van der Waals surface area contributed by atoms with Crippen LogP contribution in [0.4, 0.5) is 0 Å². The van der Waals surface area contributed by atoms with Gasteiger partial charge in [0.2, 0.25) is 0 Å². The van der Waals surface area contributed by atoms with Crippen LogP contribution in [-0.2, 0) is 21.5 Å². The largest absolute Gasteiger partial charge is 0.465 e. The highest BCUT2D eigenvalue weighted by molar-refractivity contribution is 5.85. The van der Waals surface area contributed by atoms with Gasteiger partial charge in [-0.2, -0.15) is 0 Å². The van der Waals surface area contributed by atoms with Crippen LogP contribution in [-0.4, -0.2) is 12.6 Å². The van der Waals surface area contributed by atoms with Crippen molar-refractivity contribution in [2.75, 3.05) is 6.61 Å². The molecular weight excluding hydrogens is 238 g/mol. The van der Waals surface area contributed by atoms with Gasteiger partial charge in [0.05, 0.1) is 12.0 Å². The summed E-state index contributed by atoms with van der Waals surface area (Å²) in [6.45, 7) is 6.46. The van der Waals surface area contributed by atoms with E-state index in [1.165, 1.54) is 0 Å². The van der Waals surface area contributed by atoms with E-state index in [0.29, 0.717) is 13.2 Å². The molecule has 17 heavy (non-hydrogen) atoms. The summed E-state index contributed by atoms with van der Waals surface area (Å²) in [5, 5.41) is 0. The Morgan fingerprint density at radius 3 is 2.24 bits per heavy atom. The minimum Gasteiger partial charge on any atom is -0.465 e. The second kappa shape index (κ2) is 6.62. The number of hydrogen-bond acceptors (Lipinski definition) is 3. The summed E-state index contributed by atoms with van der Waals surface area (Å²) in [5.41, 5.74) is 6.92. The summed E-state index contributed by atoms with van der Waals surface area (Å²) in [5.74, 6) is -0.199. The second-order valence-corrected chi connectivity index (χ2v) is 4.25. The van der Waals surface area contributed by atoms with Gasteiger partial charge in [-0.3, -0.25) is 4.79 Å². The smallest absolute Gasteiger partial charge is 0.315 e. The maximum atomic E-state index is 11.8. The molecule has 0 fully saturated rings. The van der Waals surface area contributed by atoms with Crippen LogP contribution >= 0.6 is 12.4 Å². The van der Waals surface area contributed by atoms with E-state index >= 15 is 0 Å². The molecule has 1 rings (SSSR count). The zero-order valence-electron chi connectivity index (χ0n) is 10.5. The van der Waals surface area contributed by atoms with Crippen molar-refractivity contribution in [1.29, 1.82) is 0 Å². The maximum Gasteiger partial charge on any atom is 0.315 e. The van der Waals surface area contributed by atoms with Gasteiger partial charge < -0.3 is 10.5 Å². The number of esters is 1. The van der Waals surface area contributed by atoms with E-state index in [2.05, 4.69) is 0 Å². The van der Waals surface area contributed by atoms with Crippen molar-refractivity contribution < 1.29 is 9.53 Å². The Labute approximate surface area is 109 Å². The van der Waals surface area contributed by atoms with Crippen molar-refractivity contribution >= 4 is 18.4 Å². The Morgan fingerprint density at radius 2 is 1.82 bits per heavy atom. The number of nitrogens with two attached hydrogens (primary N) is 1. The van der Waals surface area contributed by atoms with E-state index in [-0.39, 0.29) is 18.4 Å². The number of benzene rings is 1.